The maximum absolute atomic E-state index is 12.5. The summed E-state index contributed by atoms with van der Waals surface area (Å²) in [4.78, 5) is 25.6. The minimum Gasteiger partial charge on any atom is -0.486 e. The number of fused-ring (bicyclic) bond motifs is 1. The van der Waals surface area contributed by atoms with Crippen LogP contribution in [0.1, 0.15) is 12.1 Å². The molecule has 0 radical (unpaired) electrons. The molecule has 1 aliphatic rings. The lowest BCUT2D eigenvalue weighted by atomic mass is 10.1. The molecule has 2 N–H and O–H groups in total. The number of carbonyl (C=O) groups is 1. The van der Waals surface area contributed by atoms with Gasteiger partial charge in [0.25, 0.3) is 0 Å². The number of halogens is 2. The van der Waals surface area contributed by atoms with Gasteiger partial charge in [-0.2, -0.15) is 0 Å². The highest BCUT2D eigenvalue weighted by atomic mass is 79.9. The number of alkyl halides is 1. The first-order chi connectivity index (χ1) is 19.1. The Morgan fingerprint density at radius 2 is 2.08 bits per heavy atom. The fraction of sp³-hybridized carbons (Fsp3) is 0.214. The number of aromatic nitrogens is 3. The lowest BCUT2D eigenvalue weighted by Gasteiger charge is -2.18. The molecule has 0 bridgehead atoms. The first kappa shape index (κ1) is 26.9. The SMILES string of the molecule is O=C(C=CCBr)Nc1cc2c(Nc3ccc(OCc4ccccn4)c(Cl)c3)ncnc2cc1O[C@H]1CCOC1. The third kappa shape index (κ3) is 7.03. The second-order valence-corrected chi connectivity index (χ2v) is 9.67. The van der Waals surface area contributed by atoms with E-state index >= 15 is 0 Å². The zero-order chi connectivity index (χ0) is 27.0. The van der Waals surface area contributed by atoms with Crippen LogP contribution in [0, 0.1) is 0 Å². The Kier molecular flexibility index (Phi) is 8.87. The van der Waals surface area contributed by atoms with Gasteiger partial charge in [-0.1, -0.05) is 39.7 Å². The van der Waals surface area contributed by atoms with Crippen LogP contribution in [-0.4, -0.2) is 45.5 Å². The van der Waals surface area contributed by atoms with Crippen molar-refractivity contribution in [1.29, 1.82) is 0 Å². The van der Waals surface area contributed by atoms with Crippen LogP contribution in [0.5, 0.6) is 11.5 Å². The Bertz CT molecular complexity index is 1480. The lowest BCUT2D eigenvalue weighted by Crippen LogP contribution is -2.18. The molecule has 9 nitrogen and oxygen atoms in total. The van der Waals surface area contributed by atoms with E-state index in [2.05, 4.69) is 41.5 Å². The molecule has 1 aliphatic heterocycles. The van der Waals surface area contributed by atoms with E-state index in [1.165, 1.54) is 12.4 Å². The Morgan fingerprint density at radius 3 is 2.85 bits per heavy atom. The number of anilines is 3. The largest absolute Gasteiger partial charge is 0.486 e. The summed E-state index contributed by atoms with van der Waals surface area (Å²) in [6.45, 7) is 1.44. The maximum atomic E-state index is 12.5. The van der Waals surface area contributed by atoms with Crippen LogP contribution in [0.4, 0.5) is 17.2 Å². The van der Waals surface area contributed by atoms with Gasteiger partial charge < -0.3 is 24.8 Å². The van der Waals surface area contributed by atoms with E-state index in [1.807, 2.05) is 24.3 Å². The predicted molar refractivity (Wildman–Crippen MR) is 154 cm³/mol. The van der Waals surface area contributed by atoms with Crippen molar-refractivity contribution in [2.24, 2.45) is 0 Å². The topological polar surface area (TPSA) is 107 Å². The van der Waals surface area contributed by atoms with E-state index in [1.54, 1.807) is 36.5 Å². The number of carbonyl (C=O) groups excluding carboxylic acids is 1. The minimum atomic E-state index is -0.277. The van der Waals surface area contributed by atoms with Crippen molar-refractivity contribution < 1.29 is 19.0 Å². The Hall–Kier alpha value is -3.73. The Morgan fingerprint density at radius 1 is 1.15 bits per heavy atom. The average molecular weight is 611 g/mol. The standard InChI is InChI=1S/C28H25BrClN5O4/c29-9-3-5-27(36)35-24-13-21-23(14-26(24)39-20-8-11-37-16-20)32-17-33-28(21)34-18-6-7-25(22(30)12-18)38-15-19-4-1-2-10-31-19/h1-7,10,12-14,17,20H,8-9,11,15-16H2,(H,35,36)(H,32,33,34)/t20-/m0/s1. The number of allylic oxidation sites excluding steroid dienone is 1. The smallest absolute Gasteiger partial charge is 0.248 e. The fourth-order valence-corrected chi connectivity index (χ4v) is 4.38. The first-order valence-corrected chi connectivity index (χ1v) is 13.7. The fourth-order valence-electron chi connectivity index (χ4n) is 3.96. The Labute approximate surface area is 238 Å². The molecule has 1 fully saturated rings. The lowest BCUT2D eigenvalue weighted by molar-refractivity contribution is -0.111. The number of benzene rings is 2. The van der Waals surface area contributed by atoms with Crippen molar-refractivity contribution in [3.63, 3.8) is 0 Å². The van der Waals surface area contributed by atoms with Gasteiger partial charge in [0.05, 0.1) is 35.1 Å². The summed E-state index contributed by atoms with van der Waals surface area (Å²) in [5.74, 6) is 1.32. The molecule has 5 rings (SSSR count). The number of pyridine rings is 1. The second kappa shape index (κ2) is 12.9. The molecule has 39 heavy (non-hydrogen) atoms. The van der Waals surface area contributed by atoms with Gasteiger partial charge >= 0.3 is 0 Å². The molecule has 1 saturated heterocycles. The van der Waals surface area contributed by atoms with Crippen LogP contribution in [0.3, 0.4) is 0 Å². The first-order valence-electron chi connectivity index (χ1n) is 12.2. The molecule has 11 heteroatoms. The highest BCUT2D eigenvalue weighted by molar-refractivity contribution is 9.09. The van der Waals surface area contributed by atoms with Crippen LogP contribution in [0.25, 0.3) is 10.9 Å². The summed E-state index contributed by atoms with van der Waals surface area (Å²) in [5, 5.41) is 7.91. The third-order valence-electron chi connectivity index (χ3n) is 5.83. The van der Waals surface area contributed by atoms with Crippen molar-refractivity contribution in [3.8, 4) is 11.5 Å². The number of nitrogens with zero attached hydrogens (tertiary/aromatic N) is 3. The van der Waals surface area contributed by atoms with Gasteiger partial charge in [-0.05, 0) is 36.4 Å². The third-order valence-corrected chi connectivity index (χ3v) is 6.50. The molecule has 0 aliphatic carbocycles. The van der Waals surface area contributed by atoms with Gasteiger partial charge in [0.15, 0.2) is 0 Å². The van der Waals surface area contributed by atoms with Crippen LogP contribution >= 0.6 is 27.5 Å². The number of rotatable bonds is 10. The van der Waals surface area contributed by atoms with E-state index in [4.69, 9.17) is 25.8 Å². The number of hydrogen-bond acceptors (Lipinski definition) is 8. The summed E-state index contributed by atoms with van der Waals surface area (Å²) in [6, 6.07) is 14.6. The van der Waals surface area contributed by atoms with E-state index in [9.17, 15) is 4.79 Å². The van der Waals surface area contributed by atoms with Gasteiger partial charge in [0.1, 0.15) is 36.4 Å². The van der Waals surface area contributed by atoms with Crippen LogP contribution in [-0.2, 0) is 16.1 Å². The van der Waals surface area contributed by atoms with Crippen LogP contribution < -0.4 is 20.1 Å². The molecule has 2 aromatic heterocycles. The quantitative estimate of drug-likeness (QED) is 0.165. The van der Waals surface area contributed by atoms with Gasteiger partial charge in [-0.3, -0.25) is 9.78 Å². The summed E-state index contributed by atoms with van der Waals surface area (Å²) >= 11 is 9.79. The molecular weight excluding hydrogens is 586 g/mol. The van der Waals surface area contributed by atoms with E-state index in [0.29, 0.717) is 69.8 Å². The highest BCUT2D eigenvalue weighted by Gasteiger charge is 2.21. The van der Waals surface area contributed by atoms with Crippen molar-refractivity contribution in [1.82, 2.24) is 15.0 Å². The van der Waals surface area contributed by atoms with E-state index < -0.39 is 0 Å². The molecule has 3 heterocycles. The summed E-state index contributed by atoms with van der Waals surface area (Å²) in [5.41, 5.74) is 2.67. The number of nitrogens with one attached hydrogen (secondary N) is 2. The second-order valence-electron chi connectivity index (χ2n) is 8.62. The van der Waals surface area contributed by atoms with Gasteiger partial charge in [-0.15, -0.1) is 0 Å². The molecule has 0 unspecified atom stereocenters. The van der Waals surface area contributed by atoms with Crippen LogP contribution in [0.15, 0.2) is 73.2 Å². The van der Waals surface area contributed by atoms with Gasteiger partial charge in [-0.25, -0.2) is 9.97 Å². The maximum Gasteiger partial charge on any atom is 0.248 e. The molecule has 200 valence electrons. The molecule has 4 aromatic rings. The number of amides is 1. The zero-order valence-corrected chi connectivity index (χ0v) is 23.1. The molecule has 2 aromatic carbocycles. The van der Waals surface area contributed by atoms with Gasteiger partial charge in [0.2, 0.25) is 5.91 Å². The minimum absolute atomic E-state index is 0.101. The monoisotopic (exact) mass is 609 g/mol. The molecular formula is C28H25BrClN5O4. The van der Waals surface area contributed by atoms with Crippen molar-refractivity contribution in [2.75, 3.05) is 29.2 Å². The number of hydrogen-bond donors (Lipinski definition) is 2. The van der Waals surface area contributed by atoms with Crippen molar-refractivity contribution in [3.05, 3.63) is 83.9 Å². The summed E-state index contributed by atoms with van der Waals surface area (Å²) < 4.78 is 17.4. The normalized spacial score (nSPS) is 15.0. The average Bonchev–Trinajstić information content (AvgIpc) is 3.46. The predicted octanol–water partition coefficient (Wildman–Crippen LogP) is 6.06. The Balaban J connectivity index is 1.40. The number of ether oxygens (including phenoxy) is 3. The summed E-state index contributed by atoms with van der Waals surface area (Å²) in [6.07, 6.45) is 7.03. The van der Waals surface area contributed by atoms with Crippen molar-refractivity contribution in [2.45, 2.75) is 19.1 Å². The van der Waals surface area contributed by atoms with E-state index in [-0.39, 0.29) is 12.0 Å². The highest BCUT2D eigenvalue weighted by Crippen LogP contribution is 2.36. The molecule has 1 atom stereocenters. The summed E-state index contributed by atoms with van der Waals surface area (Å²) in [7, 11) is 0. The van der Waals surface area contributed by atoms with Crippen molar-refractivity contribution >= 4 is 61.5 Å². The van der Waals surface area contributed by atoms with E-state index in [0.717, 1.165) is 12.1 Å². The molecule has 0 spiro atoms. The molecule has 1 amide bonds. The molecule has 0 saturated carbocycles. The zero-order valence-electron chi connectivity index (χ0n) is 20.8. The van der Waals surface area contributed by atoms with Gasteiger partial charge in [0, 0.05) is 41.2 Å². The van der Waals surface area contributed by atoms with Crippen LogP contribution in [0.2, 0.25) is 5.02 Å².